The van der Waals surface area contributed by atoms with E-state index >= 15 is 0 Å². The number of benzene rings is 1. The minimum atomic E-state index is -0.529. The summed E-state index contributed by atoms with van der Waals surface area (Å²) in [6.07, 6.45) is 6.49. The lowest BCUT2D eigenvalue weighted by atomic mass is 9.83. The first kappa shape index (κ1) is 13.7. The highest BCUT2D eigenvalue weighted by atomic mass is 16.2. The van der Waals surface area contributed by atoms with Crippen LogP contribution >= 0.6 is 0 Å². The second-order valence-electron chi connectivity index (χ2n) is 5.27. The van der Waals surface area contributed by atoms with Crippen LogP contribution in [0.25, 0.3) is 0 Å². The van der Waals surface area contributed by atoms with Crippen LogP contribution in [0.5, 0.6) is 0 Å². The topological polar surface area (TPSA) is 67.2 Å². The van der Waals surface area contributed by atoms with Gasteiger partial charge in [-0.3, -0.25) is 0 Å². The fourth-order valence-corrected chi connectivity index (χ4v) is 2.89. The molecule has 104 valence electrons. The first-order chi connectivity index (χ1) is 9.19. The Hall–Kier alpha value is -1.71. The second kappa shape index (κ2) is 6.45. The molecule has 4 N–H and O–H groups in total. The first-order valence-electron chi connectivity index (χ1n) is 7.12. The maximum atomic E-state index is 10.7. The van der Waals surface area contributed by atoms with Crippen molar-refractivity contribution < 1.29 is 4.79 Å². The van der Waals surface area contributed by atoms with Gasteiger partial charge in [0.1, 0.15) is 0 Å². The van der Waals surface area contributed by atoms with E-state index < -0.39 is 6.03 Å². The Kier molecular flexibility index (Phi) is 4.66. The van der Waals surface area contributed by atoms with Crippen LogP contribution in [0.2, 0.25) is 0 Å². The van der Waals surface area contributed by atoms with E-state index in [0.717, 1.165) is 17.3 Å². The Morgan fingerprint density at radius 1 is 1.21 bits per heavy atom. The van der Waals surface area contributed by atoms with Gasteiger partial charge in [-0.1, -0.05) is 26.2 Å². The molecule has 0 aromatic heterocycles. The number of primary amides is 1. The summed E-state index contributed by atoms with van der Waals surface area (Å²) >= 11 is 0. The van der Waals surface area contributed by atoms with E-state index in [4.69, 9.17) is 5.73 Å². The Labute approximate surface area is 114 Å². The number of urea groups is 1. The van der Waals surface area contributed by atoms with Gasteiger partial charge in [-0.25, -0.2) is 4.79 Å². The minimum absolute atomic E-state index is 0.529. The van der Waals surface area contributed by atoms with E-state index in [0.29, 0.717) is 6.04 Å². The van der Waals surface area contributed by atoms with Gasteiger partial charge in [0.25, 0.3) is 0 Å². The van der Waals surface area contributed by atoms with E-state index in [1.807, 2.05) is 24.3 Å². The lowest BCUT2D eigenvalue weighted by molar-refractivity contribution is 0.259. The van der Waals surface area contributed by atoms with Gasteiger partial charge in [0.15, 0.2) is 0 Å². The molecular formula is C15H23N3O. The molecule has 2 rings (SSSR count). The van der Waals surface area contributed by atoms with Crippen LogP contribution in [0.3, 0.4) is 0 Å². The van der Waals surface area contributed by atoms with E-state index in [2.05, 4.69) is 17.6 Å². The van der Waals surface area contributed by atoms with Crippen LogP contribution in [0.15, 0.2) is 24.3 Å². The van der Waals surface area contributed by atoms with Crippen LogP contribution in [-0.4, -0.2) is 12.1 Å². The number of nitrogens with two attached hydrogens (primary N) is 1. The number of hydrogen-bond donors (Lipinski definition) is 3. The fraction of sp³-hybridized carbons (Fsp3) is 0.533. The largest absolute Gasteiger partial charge is 0.382 e. The molecule has 4 heteroatoms. The SMILES string of the molecule is CCC1CCCCC1Nc1ccc(NC(N)=O)cc1. The van der Waals surface area contributed by atoms with Crippen molar-refractivity contribution in [1.29, 1.82) is 0 Å². The molecule has 1 aromatic rings. The second-order valence-corrected chi connectivity index (χ2v) is 5.27. The summed E-state index contributed by atoms with van der Waals surface area (Å²) in [5, 5.41) is 6.19. The molecule has 1 aliphatic rings. The molecule has 1 fully saturated rings. The van der Waals surface area contributed by atoms with Gasteiger partial charge in [0.05, 0.1) is 0 Å². The van der Waals surface area contributed by atoms with Gasteiger partial charge in [0.2, 0.25) is 0 Å². The Morgan fingerprint density at radius 2 is 1.84 bits per heavy atom. The van der Waals surface area contributed by atoms with E-state index in [1.165, 1.54) is 32.1 Å². The van der Waals surface area contributed by atoms with Crippen LogP contribution in [0.1, 0.15) is 39.0 Å². The third-order valence-corrected chi connectivity index (χ3v) is 3.94. The van der Waals surface area contributed by atoms with Crippen molar-refractivity contribution in [3.8, 4) is 0 Å². The molecule has 0 aliphatic heterocycles. The normalized spacial score (nSPS) is 22.8. The monoisotopic (exact) mass is 261 g/mol. The van der Waals surface area contributed by atoms with Crippen LogP contribution in [0.4, 0.5) is 16.2 Å². The van der Waals surface area contributed by atoms with Crippen molar-refractivity contribution >= 4 is 17.4 Å². The quantitative estimate of drug-likeness (QED) is 0.775. The van der Waals surface area contributed by atoms with Crippen molar-refractivity contribution in [2.24, 2.45) is 11.7 Å². The summed E-state index contributed by atoms with van der Waals surface area (Å²) in [5.74, 6) is 0.775. The summed E-state index contributed by atoms with van der Waals surface area (Å²) < 4.78 is 0. The molecule has 2 unspecified atom stereocenters. The molecule has 0 heterocycles. The molecule has 0 saturated heterocycles. The number of hydrogen-bond acceptors (Lipinski definition) is 2. The predicted molar refractivity (Wildman–Crippen MR) is 79.3 cm³/mol. The van der Waals surface area contributed by atoms with Gasteiger partial charge in [0, 0.05) is 17.4 Å². The first-order valence-corrected chi connectivity index (χ1v) is 7.12. The molecule has 19 heavy (non-hydrogen) atoms. The van der Waals surface area contributed by atoms with Crippen molar-refractivity contribution in [1.82, 2.24) is 0 Å². The zero-order valence-corrected chi connectivity index (χ0v) is 11.5. The molecule has 1 aromatic carbocycles. The van der Waals surface area contributed by atoms with E-state index in [1.54, 1.807) is 0 Å². The molecule has 2 amide bonds. The fourth-order valence-electron chi connectivity index (χ4n) is 2.89. The summed E-state index contributed by atoms with van der Waals surface area (Å²) in [4.78, 5) is 10.7. The molecular weight excluding hydrogens is 238 g/mol. The number of rotatable bonds is 4. The summed E-state index contributed by atoms with van der Waals surface area (Å²) in [7, 11) is 0. The van der Waals surface area contributed by atoms with E-state index in [9.17, 15) is 4.79 Å². The third-order valence-electron chi connectivity index (χ3n) is 3.94. The van der Waals surface area contributed by atoms with Crippen molar-refractivity contribution in [3.63, 3.8) is 0 Å². The van der Waals surface area contributed by atoms with Gasteiger partial charge in [-0.05, 0) is 43.0 Å². The van der Waals surface area contributed by atoms with Gasteiger partial charge in [-0.15, -0.1) is 0 Å². The van der Waals surface area contributed by atoms with Gasteiger partial charge in [-0.2, -0.15) is 0 Å². The smallest absolute Gasteiger partial charge is 0.316 e. The minimum Gasteiger partial charge on any atom is -0.382 e. The molecule has 0 radical (unpaired) electrons. The number of amides is 2. The average molecular weight is 261 g/mol. The van der Waals surface area contributed by atoms with Crippen LogP contribution in [0, 0.1) is 5.92 Å². The Morgan fingerprint density at radius 3 is 2.47 bits per heavy atom. The molecule has 4 nitrogen and oxygen atoms in total. The molecule has 2 atom stereocenters. The number of anilines is 2. The van der Waals surface area contributed by atoms with Gasteiger partial charge >= 0.3 is 6.03 Å². The number of carbonyl (C=O) groups is 1. The molecule has 0 bridgehead atoms. The number of nitrogens with one attached hydrogen (secondary N) is 2. The molecule has 1 aliphatic carbocycles. The molecule has 0 spiro atoms. The van der Waals surface area contributed by atoms with Crippen molar-refractivity contribution in [3.05, 3.63) is 24.3 Å². The van der Waals surface area contributed by atoms with Crippen LogP contribution < -0.4 is 16.4 Å². The number of carbonyl (C=O) groups excluding carboxylic acids is 1. The summed E-state index contributed by atoms with van der Waals surface area (Å²) in [6.45, 7) is 2.27. The van der Waals surface area contributed by atoms with Crippen LogP contribution in [-0.2, 0) is 0 Å². The maximum Gasteiger partial charge on any atom is 0.316 e. The van der Waals surface area contributed by atoms with E-state index in [-0.39, 0.29) is 0 Å². The maximum absolute atomic E-state index is 10.7. The highest BCUT2D eigenvalue weighted by Crippen LogP contribution is 2.29. The zero-order valence-electron chi connectivity index (χ0n) is 11.5. The predicted octanol–water partition coefficient (Wildman–Crippen LogP) is 3.56. The Bertz CT molecular complexity index is 416. The molecule has 1 saturated carbocycles. The average Bonchev–Trinajstić information content (AvgIpc) is 2.41. The lowest BCUT2D eigenvalue weighted by Gasteiger charge is -2.32. The highest BCUT2D eigenvalue weighted by Gasteiger charge is 2.23. The zero-order chi connectivity index (χ0) is 13.7. The van der Waals surface area contributed by atoms with Crippen molar-refractivity contribution in [2.45, 2.75) is 45.1 Å². The standard InChI is InChI=1S/C15H23N3O/c1-2-11-5-3-4-6-14(11)17-12-7-9-13(10-8-12)18-15(16)19/h7-11,14,17H,2-6H2,1H3,(H3,16,18,19). The van der Waals surface area contributed by atoms with Gasteiger partial charge < -0.3 is 16.4 Å². The Balaban J connectivity index is 1.96. The lowest BCUT2D eigenvalue weighted by Crippen LogP contribution is -2.31. The summed E-state index contributed by atoms with van der Waals surface area (Å²) in [5.41, 5.74) is 6.92. The highest BCUT2D eigenvalue weighted by molar-refractivity contribution is 5.87. The summed E-state index contributed by atoms with van der Waals surface area (Å²) in [6, 6.07) is 7.78. The third kappa shape index (κ3) is 3.88. The van der Waals surface area contributed by atoms with Crippen molar-refractivity contribution in [2.75, 3.05) is 10.6 Å².